The average molecular weight is 276 g/mol. The molecule has 1 rings (SSSR count). The maximum Gasteiger partial charge on any atom is 0.417 e. The summed E-state index contributed by atoms with van der Waals surface area (Å²) in [5, 5.41) is 2.94. The fourth-order valence-corrected chi connectivity index (χ4v) is 1.69. The number of nitrogens with one attached hydrogen (secondary N) is 1. The van der Waals surface area contributed by atoms with Gasteiger partial charge in [0, 0.05) is 17.8 Å². The topological polar surface area (TPSA) is 38.0 Å². The first-order valence-electron chi connectivity index (χ1n) is 5.61. The van der Waals surface area contributed by atoms with Crippen LogP contribution in [0.25, 0.3) is 0 Å². The van der Waals surface area contributed by atoms with Gasteiger partial charge < -0.3 is 11.1 Å². The largest absolute Gasteiger partial charge is 0.417 e. The molecule has 0 spiro atoms. The monoisotopic (exact) mass is 276 g/mol. The van der Waals surface area contributed by atoms with Gasteiger partial charge >= 0.3 is 6.18 Å². The maximum absolute atomic E-state index is 12.8. The maximum atomic E-state index is 12.8. The molecule has 0 fully saturated rings. The van der Waals surface area contributed by atoms with Crippen LogP contribution in [0.3, 0.4) is 0 Å². The van der Waals surface area contributed by atoms with Crippen LogP contribution < -0.4 is 11.1 Å². The van der Waals surface area contributed by atoms with Crippen LogP contribution in [-0.4, -0.2) is 11.5 Å². The summed E-state index contributed by atoms with van der Waals surface area (Å²) < 4.78 is 38.5. The van der Waals surface area contributed by atoms with Gasteiger partial charge in [-0.15, -0.1) is 0 Å². The van der Waals surface area contributed by atoms with Gasteiger partial charge in [0.15, 0.2) is 0 Å². The normalized spacial score (nSPS) is 11.3. The predicted molar refractivity (Wildman–Crippen MR) is 70.7 cm³/mol. The van der Waals surface area contributed by atoms with Gasteiger partial charge in [-0.05, 0) is 24.6 Å². The lowest BCUT2D eigenvalue weighted by atomic mass is 10.1. The lowest BCUT2D eigenvalue weighted by Gasteiger charge is -2.14. The molecule has 0 atom stereocenters. The Bertz CT molecular complexity index is 430. The Morgan fingerprint density at radius 1 is 1.39 bits per heavy atom. The molecule has 0 heterocycles. The molecule has 0 saturated carbocycles. The van der Waals surface area contributed by atoms with E-state index in [0.717, 1.165) is 18.9 Å². The third kappa shape index (κ3) is 3.87. The number of halogens is 3. The zero-order valence-corrected chi connectivity index (χ0v) is 10.8. The Hall–Kier alpha value is -1.30. The number of rotatable bonds is 5. The van der Waals surface area contributed by atoms with E-state index in [4.69, 9.17) is 5.73 Å². The quantitative estimate of drug-likeness (QED) is 0.638. The summed E-state index contributed by atoms with van der Waals surface area (Å²) in [6, 6.07) is 3.91. The van der Waals surface area contributed by atoms with E-state index in [1.165, 1.54) is 6.07 Å². The molecule has 0 aromatic heterocycles. The third-order valence-corrected chi connectivity index (χ3v) is 2.67. The Balaban J connectivity index is 3.02. The van der Waals surface area contributed by atoms with Crippen molar-refractivity contribution in [3.8, 4) is 0 Å². The summed E-state index contributed by atoms with van der Waals surface area (Å²) in [6.45, 7) is 2.65. The van der Waals surface area contributed by atoms with Crippen LogP contribution in [0.4, 0.5) is 18.9 Å². The van der Waals surface area contributed by atoms with Crippen molar-refractivity contribution in [2.24, 2.45) is 5.73 Å². The lowest BCUT2D eigenvalue weighted by Crippen LogP contribution is -2.18. The van der Waals surface area contributed by atoms with E-state index in [-0.39, 0.29) is 10.6 Å². The van der Waals surface area contributed by atoms with Crippen molar-refractivity contribution in [2.45, 2.75) is 25.9 Å². The Morgan fingerprint density at radius 3 is 2.56 bits per heavy atom. The third-order valence-electron chi connectivity index (χ3n) is 2.45. The van der Waals surface area contributed by atoms with Gasteiger partial charge in [0.05, 0.1) is 5.56 Å². The molecule has 1 aromatic carbocycles. The Kier molecular flexibility index (Phi) is 4.95. The van der Waals surface area contributed by atoms with Gasteiger partial charge in [0.1, 0.15) is 4.99 Å². The fourth-order valence-electron chi connectivity index (χ4n) is 1.51. The molecular formula is C12H15F3N2S. The first-order valence-corrected chi connectivity index (χ1v) is 6.02. The summed E-state index contributed by atoms with van der Waals surface area (Å²) in [7, 11) is 0. The highest BCUT2D eigenvalue weighted by atomic mass is 32.1. The SMILES string of the molecule is CCCCNc1ccc(C(N)=S)c(C(F)(F)F)c1. The summed E-state index contributed by atoms with van der Waals surface area (Å²) in [4.78, 5) is -0.248. The second kappa shape index (κ2) is 6.04. The fraction of sp³-hybridized carbons (Fsp3) is 0.417. The number of alkyl halides is 3. The molecule has 0 radical (unpaired) electrons. The van der Waals surface area contributed by atoms with Crippen molar-refractivity contribution in [3.63, 3.8) is 0 Å². The van der Waals surface area contributed by atoms with Crippen LogP contribution in [0.2, 0.25) is 0 Å². The Morgan fingerprint density at radius 2 is 2.06 bits per heavy atom. The number of anilines is 1. The highest BCUT2D eigenvalue weighted by Crippen LogP contribution is 2.33. The molecule has 0 unspecified atom stereocenters. The highest BCUT2D eigenvalue weighted by molar-refractivity contribution is 7.80. The molecule has 0 aliphatic heterocycles. The molecule has 6 heteroatoms. The number of benzene rings is 1. The van der Waals surface area contributed by atoms with E-state index in [2.05, 4.69) is 17.5 Å². The number of hydrogen-bond acceptors (Lipinski definition) is 2. The van der Waals surface area contributed by atoms with Gasteiger partial charge in [-0.3, -0.25) is 0 Å². The molecule has 18 heavy (non-hydrogen) atoms. The average Bonchev–Trinajstić information content (AvgIpc) is 2.28. The van der Waals surface area contributed by atoms with Crippen LogP contribution in [0, 0.1) is 0 Å². The van der Waals surface area contributed by atoms with Crippen molar-refractivity contribution in [3.05, 3.63) is 29.3 Å². The summed E-state index contributed by atoms with van der Waals surface area (Å²) in [5.74, 6) is 0. The number of unbranched alkanes of at least 4 members (excludes halogenated alkanes) is 1. The van der Waals surface area contributed by atoms with Crippen LogP contribution in [0.1, 0.15) is 30.9 Å². The van der Waals surface area contributed by atoms with E-state index in [0.29, 0.717) is 12.2 Å². The van der Waals surface area contributed by atoms with Crippen molar-refractivity contribution in [2.75, 3.05) is 11.9 Å². The van der Waals surface area contributed by atoms with E-state index < -0.39 is 11.7 Å². The highest BCUT2D eigenvalue weighted by Gasteiger charge is 2.34. The Labute approximate surface area is 109 Å². The second-order valence-electron chi connectivity index (χ2n) is 3.90. The van der Waals surface area contributed by atoms with Gasteiger partial charge in [-0.25, -0.2) is 0 Å². The molecule has 0 aliphatic carbocycles. The van der Waals surface area contributed by atoms with E-state index in [1.54, 1.807) is 6.07 Å². The summed E-state index contributed by atoms with van der Waals surface area (Å²) in [6.07, 6.45) is -2.58. The van der Waals surface area contributed by atoms with Gasteiger partial charge in [-0.2, -0.15) is 13.2 Å². The molecule has 0 amide bonds. The van der Waals surface area contributed by atoms with Crippen molar-refractivity contribution < 1.29 is 13.2 Å². The molecule has 100 valence electrons. The molecular weight excluding hydrogens is 261 g/mol. The van der Waals surface area contributed by atoms with Gasteiger partial charge in [0.2, 0.25) is 0 Å². The first-order chi connectivity index (χ1) is 8.36. The summed E-state index contributed by atoms with van der Waals surface area (Å²) in [5.41, 5.74) is 4.79. The van der Waals surface area contributed by atoms with Crippen molar-refractivity contribution in [1.29, 1.82) is 0 Å². The number of hydrogen-bond donors (Lipinski definition) is 2. The van der Waals surface area contributed by atoms with Crippen LogP contribution in [0.5, 0.6) is 0 Å². The van der Waals surface area contributed by atoms with Crippen LogP contribution in [-0.2, 0) is 6.18 Å². The molecule has 0 saturated heterocycles. The molecule has 0 bridgehead atoms. The molecule has 0 aliphatic rings. The van der Waals surface area contributed by atoms with E-state index in [9.17, 15) is 13.2 Å². The molecule has 2 nitrogen and oxygen atoms in total. The zero-order chi connectivity index (χ0) is 13.8. The minimum absolute atomic E-state index is 0.140. The number of thiocarbonyl (C=S) groups is 1. The predicted octanol–water partition coefficient (Wildman–Crippen LogP) is 3.55. The first kappa shape index (κ1) is 14.8. The van der Waals surface area contributed by atoms with Gasteiger partial charge in [0.25, 0.3) is 0 Å². The molecule has 1 aromatic rings. The van der Waals surface area contributed by atoms with Crippen molar-refractivity contribution in [1.82, 2.24) is 0 Å². The zero-order valence-electron chi connectivity index (χ0n) is 9.97. The minimum atomic E-state index is -4.46. The van der Waals surface area contributed by atoms with Gasteiger partial charge in [-0.1, -0.05) is 25.6 Å². The van der Waals surface area contributed by atoms with Crippen LogP contribution >= 0.6 is 12.2 Å². The smallest absolute Gasteiger partial charge is 0.389 e. The second-order valence-corrected chi connectivity index (χ2v) is 4.34. The minimum Gasteiger partial charge on any atom is -0.389 e. The lowest BCUT2D eigenvalue weighted by molar-refractivity contribution is -0.137. The molecule has 3 N–H and O–H groups in total. The summed E-state index contributed by atoms with van der Waals surface area (Å²) >= 11 is 4.63. The standard InChI is InChI=1S/C12H15F3N2S/c1-2-3-6-17-8-4-5-9(11(16)18)10(7-8)12(13,14)15/h4-5,7,17H,2-3,6H2,1H3,(H2,16,18). The van der Waals surface area contributed by atoms with E-state index in [1.807, 2.05) is 6.92 Å². The number of nitrogens with two attached hydrogens (primary N) is 1. The van der Waals surface area contributed by atoms with Crippen LogP contribution in [0.15, 0.2) is 18.2 Å². The van der Waals surface area contributed by atoms with E-state index >= 15 is 0 Å². The van der Waals surface area contributed by atoms with Crippen molar-refractivity contribution >= 4 is 22.9 Å².